The van der Waals surface area contributed by atoms with Gasteiger partial charge in [-0.3, -0.25) is 9.59 Å². The third-order valence-electron chi connectivity index (χ3n) is 4.64. The second-order valence-electron chi connectivity index (χ2n) is 7.25. The number of carboxylic acid groups (broad SMARTS) is 1. The number of amides is 2. The molecule has 0 aromatic heterocycles. The number of carboxylic acids is 1. The topological polar surface area (TPSA) is 87.2 Å². The molecule has 27 heavy (non-hydrogen) atoms. The number of hydrogen-bond donors (Lipinski definition) is 1. The summed E-state index contributed by atoms with van der Waals surface area (Å²) < 4.78 is 5.32. The first-order valence-electron chi connectivity index (χ1n) is 9.24. The number of nitrogens with zero attached hydrogens (tertiary/aromatic N) is 2. The molecular weight excluding hydrogens is 348 g/mol. The Bertz CT molecular complexity index is 706. The molecule has 1 fully saturated rings. The summed E-state index contributed by atoms with van der Waals surface area (Å²) in [6, 6.07) is 3.46. The molecule has 7 heteroatoms. The molecule has 0 atom stereocenters. The summed E-state index contributed by atoms with van der Waals surface area (Å²) in [5, 5.41) is 8.78. The van der Waals surface area contributed by atoms with Crippen LogP contribution in [0, 0.1) is 19.8 Å². The molecule has 1 aromatic rings. The molecule has 148 valence electrons. The zero-order valence-electron chi connectivity index (χ0n) is 16.4. The Labute approximate surface area is 159 Å². The monoisotopic (exact) mass is 376 g/mol. The molecule has 1 heterocycles. The summed E-state index contributed by atoms with van der Waals surface area (Å²) in [6.45, 7) is 9.27. The summed E-state index contributed by atoms with van der Waals surface area (Å²) in [5.41, 5.74) is 2.01. The second-order valence-corrected chi connectivity index (χ2v) is 7.25. The predicted molar refractivity (Wildman–Crippen MR) is 101 cm³/mol. The van der Waals surface area contributed by atoms with Gasteiger partial charge in [0, 0.05) is 37.7 Å². The van der Waals surface area contributed by atoms with Crippen LogP contribution >= 0.6 is 0 Å². The van der Waals surface area contributed by atoms with Gasteiger partial charge in [0.05, 0.1) is 0 Å². The van der Waals surface area contributed by atoms with Crippen LogP contribution in [0.25, 0.3) is 0 Å². The highest BCUT2D eigenvalue weighted by molar-refractivity contribution is 5.95. The Morgan fingerprint density at radius 1 is 1.04 bits per heavy atom. The van der Waals surface area contributed by atoms with Crippen LogP contribution in [0.3, 0.4) is 0 Å². The van der Waals surface area contributed by atoms with Crippen molar-refractivity contribution >= 4 is 17.8 Å². The van der Waals surface area contributed by atoms with E-state index in [2.05, 4.69) is 0 Å². The van der Waals surface area contributed by atoms with E-state index in [9.17, 15) is 14.4 Å². The van der Waals surface area contributed by atoms with Crippen LogP contribution in [0.1, 0.15) is 41.8 Å². The largest absolute Gasteiger partial charge is 0.481 e. The summed E-state index contributed by atoms with van der Waals surface area (Å²) in [5.74, 6) is -0.547. The molecule has 1 N–H and O–H groups in total. The molecule has 1 aliphatic rings. The van der Waals surface area contributed by atoms with Gasteiger partial charge in [-0.05, 0) is 43.5 Å². The normalized spacial score (nSPS) is 14.9. The van der Waals surface area contributed by atoms with E-state index in [4.69, 9.17) is 9.84 Å². The Balaban J connectivity index is 2.11. The molecule has 0 unspecified atom stereocenters. The maximum Gasteiger partial charge on any atom is 0.341 e. The van der Waals surface area contributed by atoms with Gasteiger partial charge in [-0.15, -0.1) is 0 Å². The van der Waals surface area contributed by atoms with E-state index in [1.807, 2.05) is 18.7 Å². The van der Waals surface area contributed by atoms with E-state index in [1.54, 1.807) is 30.9 Å². The molecule has 1 aromatic carbocycles. The predicted octanol–water partition coefficient (Wildman–Crippen LogP) is 2.10. The number of benzene rings is 1. The first-order valence-corrected chi connectivity index (χ1v) is 9.24. The van der Waals surface area contributed by atoms with Crippen LogP contribution in [0.2, 0.25) is 0 Å². The Morgan fingerprint density at radius 3 is 2.15 bits per heavy atom. The molecular formula is C20H28N2O5. The van der Waals surface area contributed by atoms with Gasteiger partial charge in [0.1, 0.15) is 5.75 Å². The maximum absolute atomic E-state index is 12.9. The highest BCUT2D eigenvalue weighted by atomic mass is 16.5. The first kappa shape index (κ1) is 20.7. The van der Waals surface area contributed by atoms with Crippen molar-refractivity contribution in [1.29, 1.82) is 0 Å². The molecule has 1 saturated heterocycles. The number of carbonyl (C=O) groups is 3. The van der Waals surface area contributed by atoms with Gasteiger partial charge in [0.2, 0.25) is 5.91 Å². The van der Waals surface area contributed by atoms with Gasteiger partial charge in [0.15, 0.2) is 6.61 Å². The molecule has 0 saturated carbocycles. The maximum atomic E-state index is 12.9. The lowest BCUT2D eigenvalue weighted by molar-refractivity contribution is -0.139. The van der Waals surface area contributed by atoms with Gasteiger partial charge in [-0.25, -0.2) is 4.79 Å². The number of hydrogen-bond acceptors (Lipinski definition) is 4. The summed E-state index contributed by atoms with van der Waals surface area (Å²) in [4.78, 5) is 39.5. The molecule has 0 spiro atoms. The van der Waals surface area contributed by atoms with Crippen molar-refractivity contribution in [3.63, 3.8) is 0 Å². The molecule has 0 radical (unpaired) electrons. The number of rotatable bonds is 5. The van der Waals surface area contributed by atoms with Gasteiger partial charge < -0.3 is 19.6 Å². The van der Waals surface area contributed by atoms with Gasteiger partial charge in [-0.2, -0.15) is 0 Å². The number of carbonyl (C=O) groups excluding carboxylic acids is 2. The molecule has 2 amide bonds. The van der Waals surface area contributed by atoms with E-state index in [-0.39, 0.29) is 17.7 Å². The molecule has 1 aliphatic heterocycles. The third kappa shape index (κ3) is 5.21. The Hall–Kier alpha value is -2.57. The zero-order valence-corrected chi connectivity index (χ0v) is 16.4. The Morgan fingerprint density at radius 2 is 1.59 bits per heavy atom. The number of aryl methyl sites for hydroxylation is 2. The molecule has 0 aliphatic carbocycles. The fourth-order valence-corrected chi connectivity index (χ4v) is 3.32. The van der Waals surface area contributed by atoms with Crippen LogP contribution in [-0.2, 0) is 9.59 Å². The molecule has 7 nitrogen and oxygen atoms in total. The average molecular weight is 376 g/mol. The van der Waals surface area contributed by atoms with Crippen LogP contribution in [0.15, 0.2) is 12.1 Å². The van der Waals surface area contributed by atoms with Crippen molar-refractivity contribution in [2.75, 3.05) is 32.8 Å². The minimum atomic E-state index is -1.04. The summed E-state index contributed by atoms with van der Waals surface area (Å²) in [6.07, 6.45) is 0.752. The van der Waals surface area contributed by atoms with Gasteiger partial charge in [-0.1, -0.05) is 13.8 Å². The van der Waals surface area contributed by atoms with Crippen LogP contribution in [0.4, 0.5) is 0 Å². The van der Waals surface area contributed by atoms with Crippen molar-refractivity contribution < 1.29 is 24.2 Å². The van der Waals surface area contributed by atoms with E-state index in [1.165, 1.54) is 0 Å². The van der Waals surface area contributed by atoms with Crippen molar-refractivity contribution in [3.8, 4) is 5.75 Å². The highest BCUT2D eigenvalue weighted by Gasteiger charge is 2.24. The van der Waals surface area contributed by atoms with E-state index in [0.717, 1.165) is 17.5 Å². The SMILES string of the molecule is Cc1cc(C(=O)N2CCCN(C(=O)C(C)C)CC2)cc(C)c1OCC(=O)O. The third-order valence-corrected chi connectivity index (χ3v) is 4.64. The minimum absolute atomic E-state index is 0.0455. The fourth-order valence-electron chi connectivity index (χ4n) is 3.32. The average Bonchev–Trinajstić information content (AvgIpc) is 2.85. The fraction of sp³-hybridized carbons (Fsp3) is 0.550. The standard InChI is InChI=1S/C20H28N2O5/c1-13(2)19(25)21-6-5-7-22(9-8-21)20(26)16-10-14(3)18(15(4)11-16)27-12-17(23)24/h10-11,13H,5-9,12H2,1-4H3,(H,23,24). The van der Waals surface area contributed by atoms with Crippen LogP contribution < -0.4 is 4.74 Å². The first-order chi connectivity index (χ1) is 12.7. The van der Waals surface area contributed by atoms with Gasteiger partial charge in [0.25, 0.3) is 5.91 Å². The zero-order chi connectivity index (χ0) is 20.1. The Kier molecular flexibility index (Phi) is 6.82. The number of ether oxygens (including phenoxy) is 1. The summed E-state index contributed by atoms with van der Waals surface area (Å²) >= 11 is 0. The lowest BCUT2D eigenvalue weighted by atomic mass is 10.0. The van der Waals surface area contributed by atoms with E-state index < -0.39 is 12.6 Å². The van der Waals surface area contributed by atoms with Crippen molar-refractivity contribution in [2.24, 2.45) is 5.92 Å². The smallest absolute Gasteiger partial charge is 0.341 e. The molecule has 0 bridgehead atoms. The van der Waals surface area contributed by atoms with Crippen LogP contribution in [0.5, 0.6) is 5.75 Å². The second kappa shape index (κ2) is 8.88. The number of aliphatic carboxylic acids is 1. The highest BCUT2D eigenvalue weighted by Crippen LogP contribution is 2.26. The van der Waals surface area contributed by atoms with Crippen molar-refractivity contribution in [3.05, 3.63) is 28.8 Å². The molecule has 2 rings (SSSR count). The van der Waals surface area contributed by atoms with Crippen molar-refractivity contribution in [1.82, 2.24) is 9.80 Å². The van der Waals surface area contributed by atoms with Crippen LogP contribution in [-0.4, -0.2) is 65.5 Å². The van der Waals surface area contributed by atoms with E-state index >= 15 is 0 Å². The lowest BCUT2D eigenvalue weighted by Crippen LogP contribution is -2.39. The van der Waals surface area contributed by atoms with Gasteiger partial charge >= 0.3 is 5.97 Å². The summed E-state index contributed by atoms with van der Waals surface area (Å²) in [7, 11) is 0. The quantitative estimate of drug-likeness (QED) is 0.850. The van der Waals surface area contributed by atoms with Crippen molar-refractivity contribution in [2.45, 2.75) is 34.1 Å². The lowest BCUT2D eigenvalue weighted by Gasteiger charge is -2.24. The van der Waals surface area contributed by atoms with E-state index in [0.29, 0.717) is 37.5 Å². The minimum Gasteiger partial charge on any atom is -0.481 e.